The van der Waals surface area contributed by atoms with Gasteiger partial charge in [-0.05, 0) is 37.3 Å². The van der Waals surface area contributed by atoms with Gasteiger partial charge in [0.2, 0.25) is 0 Å². The number of hydrogen-bond acceptors (Lipinski definition) is 3. The molecule has 2 atom stereocenters. The Morgan fingerprint density at radius 3 is 2.89 bits per heavy atom. The lowest BCUT2D eigenvalue weighted by molar-refractivity contribution is 0.0700. The van der Waals surface area contributed by atoms with Crippen LogP contribution in [0.1, 0.15) is 29.6 Å². The predicted molar refractivity (Wildman–Crippen MR) is 69.6 cm³/mol. The fraction of sp³-hybridized carbons (Fsp3) is 0.500. The van der Waals surface area contributed by atoms with Crippen LogP contribution in [0.4, 0.5) is 5.69 Å². The molecular formula is C14H18N2O2. The van der Waals surface area contributed by atoms with Crippen LogP contribution in [-0.4, -0.2) is 30.5 Å². The number of para-hydroxylation sites is 1. The van der Waals surface area contributed by atoms with Crippen LogP contribution < -0.4 is 10.5 Å². The number of nitrogen functional groups attached to an aromatic ring is 1. The number of piperidine rings is 1. The largest absolute Gasteiger partial charge is 0.494 e. The summed E-state index contributed by atoms with van der Waals surface area (Å²) in [6.07, 6.45) is 3.57. The third kappa shape index (κ3) is 1.64. The number of ether oxygens (including phenoxy) is 1. The summed E-state index contributed by atoms with van der Waals surface area (Å²) in [4.78, 5) is 14.6. The molecular weight excluding hydrogens is 228 g/mol. The van der Waals surface area contributed by atoms with Crippen molar-refractivity contribution in [2.24, 2.45) is 5.92 Å². The van der Waals surface area contributed by atoms with Gasteiger partial charge < -0.3 is 15.4 Å². The summed E-state index contributed by atoms with van der Waals surface area (Å²) < 4.78 is 5.26. The summed E-state index contributed by atoms with van der Waals surface area (Å²) in [5.41, 5.74) is 6.96. The molecule has 1 saturated heterocycles. The topological polar surface area (TPSA) is 55.6 Å². The smallest absolute Gasteiger partial charge is 0.257 e. The molecule has 2 N–H and O–H groups in total. The molecule has 0 spiro atoms. The number of nitrogens with two attached hydrogens (primary N) is 1. The molecule has 1 aromatic carbocycles. The lowest BCUT2D eigenvalue weighted by Crippen LogP contribution is -2.37. The molecule has 2 bridgehead atoms. The lowest BCUT2D eigenvalue weighted by atomic mass is 10.1. The summed E-state index contributed by atoms with van der Waals surface area (Å²) in [6, 6.07) is 5.78. The highest BCUT2D eigenvalue weighted by Gasteiger charge is 2.41. The second-order valence-electron chi connectivity index (χ2n) is 5.22. The van der Waals surface area contributed by atoms with Crippen molar-refractivity contribution in [2.45, 2.75) is 25.3 Å². The van der Waals surface area contributed by atoms with E-state index in [1.54, 1.807) is 25.3 Å². The van der Waals surface area contributed by atoms with Crippen molar-refractivity contribution in [1.82, 2.24) is 4.90 Å². The first-order valence-electron chi connectivity index (χ1n) is 6.44. The Morgan fingerprint density at radius 1 is 1.44 bits per heavy atom. The van der Waals surface area contributed by atoms with Crippen molar-refractivity contribution in [3.8, 4) is 5.75 Å². The maximum absolute atomic E-state index is 12.6. The number of likely N-dealkylation sites (tertiary alicyclic amines) is 1. The molecule has 1 saturated carbocycles. The molecule has 2 fully saturated rings. The average molecular weight is 246 g/mol. The third-order valence-electron chi connectivity index (χ3n) is 4.15. The Kier molecular flexibility index (Phi) is 2.65. The normalized spacial score (nSPS) is 25.5. The second kappa shape index (κ2) is 4.19. The number of amides is 1. The van der Waals surface area contributed by atoms with Gasteiger partial charge in [0.15, 0.2) is 5.75 Å². The molecule has 1 amide bonds. The Hall–Kier alpha value is -1.71. The molecule has 96 valence electrons. The number of methoxy groups -OCH3 is 1. The van der Waals surface area contributed by atoms with Gasteiger partial charge in [-0.2, -0.15) is 0 Å². The molecule has 2 unspecified atom stereocenters. The van der Waals surface area contributed by atoms with Gasteiger partial charge in [-0.25, -0.2) is 0 Å². The maximum Gasteiger partial charge on any atom is 0.257 e. The van der Waals surface area contributed by atoms with Crippen molar-refractivity contribution >= 4 is 11.6 Å². The highest BCUT2D eigenvalue weighted by atomic mass is 16.5. The van der Waals surface area contributed by atoms with E-state index in [0.717, 1.165) is 19.4 Å². The summed E-state index contributed by atoms with van der Waals surface area (Å²) in [7, 11) is 1.55. The number of anilines is 1. The second-order valence-corrected chi connectivity index (χ2v) is 5.22. The van der Waals surface area contributed by atoms with Gasteiger partial charge in [-0.3, -0.25) is 4.79 Å². The van der Waals surface area contributed by atoms with Crippen LogP contribution >= 0.6 is 0 Å². The van der Waals surface area contributed by atoms with E-state index in [1.165, 1.54) is 6.42 Å². The van der Waals surface area contributed by atoms with E-state index in [0.29, 0.717) is 29.0 Å². The maximum atomic E-state index is 12.6. The average Bonchev–Trinajstić information content (AvgIpc) is 2.99. The van der Waals surface area contributed by atoms with Crippen molar-refractivity contribution < 1.29 is 9.53 Å². The first kappa shape index (κ1) is 11.4. The molecule has 2 aliphatic rings. The van der Waals surface area contributed by atoms with Crippen LogP contribution in [0.3, 0.4) is 0 Å². The number of rotatable bonds is 2. The van der Waals surface area contributed by atoms with Crippen molar-refractivity contribution in [1.29, 1.82) is 0 Å². The minimum Gasteiger partial charge on any atom is -0.494 e. The van der Waals surface area contributed by atoms with Gasteiger partial charge in [0.25, 0.3) is 5.91 Å². The Bertz CT molecular complexity index is 487. The van der Waals surface area contributed by atoms with Gasteiger partial charge in [0.1, 0.15) is 0 Å². The zero-order chi connectivity index (χ0) is 12.7. The molecule has 1 aliphatic heterocycles. The number of carbonyl (C=O) groups excluding carboxylic acids is 1. The molecule has 0 radical (unpaired) electrons. The number of hydrogen-bond donors (Lipinski definition) is 1. The van der Waals surface area contributed by atoms with E-state index < -0.39 is 0 Å². The highest BCUT2D eigenvalue weighted by molar-refractivity contribution is 5.99. The van der Waals surface area contributed by atoms with Gasteiger partial charge in [0.05, 0.1) is 18.4 Å². The van der Waals surface area contributed by atoms with E-state index in [2.05, 4.69) is 0 Å². The number of nitrogens with zero attached hydrogens (tertiary/aromatic N) is 1. The zero-order valence-corrected chi connectivity index (χ0v) is 10.6. The van der Waals surface area contributed by atoms with Gasteiger partial charge in [-0.1, -0.05) is 6.07 Å². The van der Waals surface area contributed by atoms with Gasteiger partial charge in [0, 0.05) is 12.6 Å². The fourth-order valence-electron chi connectivity index (χ4n) is 3.28. The van der Waals surface area contributed by atoms with Crippen LogP contribution in [0.15, 0.2) is 18.2 Å². The van der Waals surface area contributed by atoms with Crippen LogP contribution in [0.2, 0.25) is 0 Å². The first-order valence-corrected chi connectivity index (χ1v) is 6.44. The van der Waals surface area contributed by atoms with Crippen LogP contribution in [-0.2, 0) is 0 Å². The van der Waals surface area contributed by atoms with Crippen LogP contribution in [0, 0.1) is 5.92 Å². The van der Waals surface area contributed by atoms with Crippen molar-refractivity contribution in [2.75, 3.05) is 19.4 Å². The quantitative estimate of drug-likeness (QED) is 0.811. The fourth-order valence-corrected chi connectivity index (χ4v) is 3.28. The number of fused-ring (bicyclic) bond motifs is 2. The summed E-state index contributed by atoms with van der Waals surface area (Å²) in [6.45, 7) is 0.890. The Labute approximate surface area is 107 Å². The molecule has 3 rings (SSSR count). The molecule has 1 aromatic rings. The van der Waals surface area contributed by atoms with Crippen LogP contribution in [0.25, 0.3) is 0 Å². The molecule has 1 heterocycles. The molecule has 1 aliphatic carbocycles. The minimum atomic E-state index is 0.0614. The van der Waals surface area contributed by atoms with E-state index in [-0.39, 0.29) is 5.91 Å². The molecule has 18 heavy (non-hydrogen) atoms. The first-order chi connectivity index (χ1) is 8.70. The summed E-state index contributed by atoms with van der Waals surface area (Å²) >= 11 is 0. The monoisotopic (exact) mass is 246 g/mol. The lowest BCUT2D eigenvalue weighted by Gasteiger charge is -2.27. The number of carbonyl (C=O) groups is 1. The third-order valence-corrected chi connectivity index (χ3v) is 4.15. The SMILES string of the molecule is COc1c(N)cccc1C(=O)N1CC2CCC1C2. The van der Waals surface area contributed by atoms with Gasteiger partial charge in [-0.15, -0.1) is 0 Å². The van der Waals surface area contributed by atoms with E-state index in [1.807, 2.05) is 4.90 Å². The number of benzene rings is 1. The predicted octanol–water partition coefficient (Wildman–Crippen LogP) is 1.90. The van der Waals surface area contributed by atoms with Crippen molar-refractivity contribution in [3.63, 3.8) is 0 Å². The molecule has 0 aromatic heterocycles. The zero-order valence-electron chi connectivity index (χ0n) is 10.6. The van der Waals surface area contributed by atoms with E-state index in [9.17, 15) is 4.79 Å². The minimum absolute atomic E-state index is 0.0614. The van der Waals surface area contributed by atoms with Crippen LogP contribution in [0.5, 0.6) is 5.75 Å². The summed E-state index contributed by atoms with van der Waals surface area (Å²) in [5.74, 6) is 1.27. The molecule has 4 nitrogen and oxygen atoms in total. The van der Waals surface area contributed by atoms with E-state index >= 15 is 0 Å². The molecule has 4 heteroatoms. The highest BCUT2D eigenvalue weighted by Crippen LogP contribution is 2.39. The Balaban J connectivity index is 1.91. The summed E-state index contributed by atoms with van der Waals surface area (Å²) in [5, 5.41) is 0. The van der Waals surface area contributed by atoms with Crippen molar-refractivity contribution in [3.05, 3.63) is 23.8 Å². The van der Waals surface area contributed by atoms with Gasteiger partial charge >= 0.3 is 0 Å². The Morgan fingerprint density at radius 2 is 2.28 bits per heavy atom. The van der Waals surface area contributed by atoms with E-state index in [4.69, 9.17) is 10.5 Å². The standard InChI is InChI=1S/C14H18N2O2/c1-18-13-11(3-2-4-12(13)15)14(17)16-8-9-5-6-10(16)7-9/h2-4,9-10H,5-8,15H2,1H3.